The molecule has 0 aromatic heterocycles. The van der Waals surface area contributed by atoms with Gasteiger partial charge in [-0.15, -0.1) is 0 Å². The number of hydrogen-bond acceptors (Lipinski definition) is 2. The fraction of sp³-hybridized carbons (Fsp3) is 1.00. The van der Waals surface area contributed by atoms with Crippen LogP contribution in [0.5, 0.6) is 0 Å². The van der Waals surface area contributed by atoms with E-state index in [1.54, 1.807) is 0 Å². The zero-order chi connectivity index (χ0) is 9.84. The topological polar surface area (TPSA) is 29.5 Å². The van der Waals surface area contributed by atoms with E-state index in [1.807, 2.05) is 0 Å². The van der Waals surface area contributed by atoms with Gasteiger partial charge in [0.15, 0.2) is 0 Å². The molecule has 1 heterocycles. The van der Waals surface area contributed by atoms with Gasteiger partial charge in [-0.1, -0.05) is 20.8 Å². The molecule has 1 fully saturated rings. The normalized spacial score (nSPS) is 31.2. The average molecular weight is 186 g/mol. The molecule has 0 aromatic rings. The van der Waals surface area contributed by atoms with Gasteiger partial charge in [-0.05, 0) is 24.7 Å². The standard InChI is InChI=1S/C11H22O2/c1-8(2)4-9(3)5-10-6-13-7-11(10)12/h8-12H,4-7H2,1-3H3. The van der Waals surface area contributed by atoms with Crippen molar-refractivity contribution in [2.45, 2.75) is 39.7 Å². The average Bonchev–Trinajstić information content (AvgIpc) is 2.34. The molecule has 0 bridgehead atoms. The van der Waals surface area contributed by atoms with Gasteiger partial charge in [-0.25, -0.2) is 0 Å². The lowest BCUT2D eigenvalue weighted by atomic mass is 9.88. The summed E-state index contributed by atoms with van der Waals surface area (Å²) in [4.78, 5) is 0. The van der Waals surface area contributed by atoms with Crippen molar-refractivity contribution in [2.75, 3.05) is 13.2 Å². The summed E-state index contributed by atoms with van der Waals surface area (Å²) in [5.41, 5.74) is 0. The second-order valence-electron chi connectivity index (χ2n) is 4.84. The second kappa shape index (κ2) is 4.97. The van der Waals surface area contributed by atoms with Gasteiger partial charge in [0.05, 0.1) is 19.3 Å². The van der Waals surface area contributed by atoms with Gasteiger partial charge in [0.1, 0.15) is 0 Å². The number of aliphatic hydroxyl groups excluding tert-OH is 1. The van der Waals surface area contributed by atoms with Crippen LogP contribution in [0.3, 0.4) is 0 Å². The van der Waals surface area contributed by atoms with Crippen LogP contribution in [0.1, 0.15) is 33.6 Å². The summed E-state index contributed by atoms with van der Waals surface area (Å²) in [5.74, 6) is 1.85. The fourth-order valence-corrected chi connectivity index (χ4v) is 2.23. The minimum absolute atomic E-state index is 0.213. The SMILES string of the molecule is CC(C)CC(C)CC1COCC1O. The van der Waals surface area contributed by atoms with E-state index in [0.29, 0.717) is 18.4 Å². The molecule has 1 aliphatic heterocycles. The van der Waals surface area contributed by atoms with Crippen molar-refractivity contribution in [1.82, 2.24) is 0 Å². The number of rotatable bonds is 4. The maximum absolute atomic E-state index is 9.55. The summed E-state index contributed by atoms with van der Waals surface area (Å²) in [6, 6.07) is 0. The van der Waals surface area contributed by atoms with Gasteiger partial charge in [-0.3, -0.25) is 0 Å². The molecule has 0 radical (unpaired) electrons. The van der Waals surface area contributed by atoms with Crippen molar-refractivity contribution in [2.24, 2.45) is 17.8 Å². The quantitative estimate of drug-likeness (QED) is 0.728. The smallest absolute Gasteiger partial charge is 0.0823 e. The maximum atomic E-state index is 9.55. The van der Waals surface area contributed by atoms with Crippen LogP contribution in [0, 0.1) is 17.8 Å². The highest BCUT2D eigenvalue weighted by atomic mass is 16.5. The van der Waals surface area contributed by atoms with Crippen molar-refractivity contribution in [3.8, 4) is 0 Å². The highest BCUT2D eigenvalue weighted by molar-refractivity contribution is 4.76. The van der Waals surface area contributed by atoms with E-state index in [9.17, 15) is 5.11 Å². The van der Waals surface area contributed by atoms with Gasteiger partial charge in [0.2, 0.25) is 0 Å². The molecule has 0 saturated carbocycles. The van der Waals surface area contributed by atoms with E-state index in [0.717, 1.165) is 18.9 Å². The molecule has 0 aliphatic carbocycles. The monoisotopic (exact) mass is 186 g/mol. The van der Waals surface area contributed by atoms with E-state index in [4.69, 9.17) is 4.74 Å². The Balaban J connectivity index is 2.22. The Morgan fingerprint density at radius 2 is 2.00 bits per heavy atom. The van der Waals surface area contributed by atoms with Crippen molar-refractivity contribution in [3.05, 3.63) is 0 Å². The summed E-state index contributed by atoms with van der Waals surface area (Å²) in [5, 5.41) is 9.55. The third-order valence-corrected chi connectivity index (χ3v) is 2.74. The Morgan fingerprint density at radius 3 is 2.46 bits per heavy atom. The molecule has 1 rings (SSSR count). The Kier molecular flexibility index (Phi) is 4.20. The van der Waals surface area contributed by atoms with E-state index in [-0.39, 0.29) is 6.10 Å². The van der Waals surface area contributed by atoms with Gasteiger partial charge in [0.25, 0.3) is 0 Å². The maximum Gasteiger partial charge on any atom is 0.0823 e. The zero-order valence-corrected chi connectivity index (χ0v) is 8.99. The molecule has 13 heavy (non-hydrogen) atoms. The van der Waals surface area contributed by atoms with Crippen LogP contribution in [0.15, 0.2) is 0 Å². The molecule has 1 aliphatic rings. The molecule has 3 atom stereocenters. The van der Waals surface area contributed by atoms with Crippen LogP contribution in [-0.2, 0) is 4.74 Å². The summed E-state index contributed by atoms with van der Waals surface area (Å²) in [6.45, 7) is 8.06. The molecule has 78 valence electrons. The summed E-state index contributed by atoms with van der Waals surface area (Å²) in [6.07, 6.45) is 2.15. The molecule has 0 amide bonds. The van der Waals surface area contributed by atoms with Crippen molar-refractivity contribution in [3.63, 3.8) is 0 Å². The van der Waals surface area contributed by atoms with Crippen LogP contribution >= 0.6 is 0 Å². The Labute approximate surface area is 81.3 Å². The van der Waals surface area contributed by atoms with Gasteiger partial charge in [0, 0.05) is 5.92 Å². The molecule has 1 saturated heterocycles. The fourth-order valence-electron chi connectivity index (χ4n) is 2.23. The predicted octanol–water partition coefficient (Wildman–Crippen LogP) is 2.07. The van der Waals surface area contributed by atoms with Crippen molar-refractivity contribution in [1.29, 1.82) is 0 Å². The van der Waals surface area contributed by atoms with Crippen LogP contribution in [0.4, 0.5) is 0 Å². The van der Waals surface area contributed by atoms with Crippen molar-refractivity contribution < 1.29 is 9.84 Å². The Hall–Kier alpha value is -0.0800. The largest absolute Gasteiger partial charge is 0.390 e. The lowest BCUT2D eigenvalue weighted by Gasteiger charge is -2.19. The first kappa shape index (κ1) is 11.0. The van der Waals surface area contributed by atoms with Crippen LogP contribution < -0.4 is 0 Å². The van der Waals surface area contributed by atoms with E-state index in [2.05, 4.69) is 20.8 Å². The van der Waals surface area contributed by atoms with Crippen molar-refractivity contribution >= 4 is 0 Å². The van der Waals surface area contributed by atoms with Crippen LogP contribution in [-0.4, -0.2) is 24.4 Å². The van der Waals surface area contributed by atoms with Gasteiger partial charge >= 0.3 is 0 Å². The number of ether oxygens (including phenoxy) is 1. The minimum Gasteiger partial charge on any atom is -0.390 e. The molecule has 0 spiro atoms. The Morgan fingerprint density at radius 1 is 1.31 bits per heavy atom. The van der Waals surface area contributed by atoms with Gasteiger partial charge in [-0.2, -0.15) is 0 Å². The zero-order valence-electron chi connectivity index (χ0n) is 8.99. The summed E-state index contributed by atoms with van der Waals surface area (Å²) in [7, 11) is 0. The first-order valence-corrected chi connectivity index (χ1v) is 5.35. The van der Waals surface area contributed by atoms with Gasteiger partial charge < -0.3 is 9.84 Å². The van der Waals surface area contributed by atoms with E-state index < -0.39 is 0 Å². The highest BCUT2D eigenvalue weighted by Gasteiger charge is 2.27. The van der Waals surface area contributed by atoms with Crippen LogP contribution in [0.25, 0.3) is 0 Å². The minimum atomic E-state index is -0.213. The van der Waals surface area contributed by atoms with Crippen LogP contribution in [0.2, 0.25) is 0 Å². The Bertz CT molecular complexity index is 145. The molecule has 2 nitrogen and oxygen atoms in total. The molecule has 0 aromatic carbocycles. The third-order valence-electron chi connectivity index (χ3n) is 2.74. The first-order chi connectivity index (χ1) is 6.09. The molecule has 3 unspecified atom stereocenters. The lowest BCUT2D eigenvalue weighted by Crippen LogP contribution is -2.20. The predicted molar refractivity (Wildman–Crippen MR) is 53.6 cm³/mol. The summed E-state index contributed by atoms with van der Waals surface area (Å²) < 4.78 is 5.23. The first-order valence-electron chi connectivity index (χ1n) is 5.35. The molecular formula is C11H22O2. The van der Waals surface area contributed by atoms with E-state index in [1.165, 1.54) is 6.42 Å². The summed E-state index contributed by atoms with van der Waals surface area (Å²) >= 11 is 0. The number of aliphatic hydroxyl groups is 1. The molecule has 2 heteroatoms. The molecular weight excluding hydrogens is 164 g/mol. The molecule has 1 N–H and O–H groups in total. The third kappa shape index (κ3) is 3.65. The highest BCUT2D eigenvalue weighted by Crippen LogP contribution is 2.25. The second-order valence-corrected chi connectivity index (χ2v) is 4.84. The van der Waals surface area contributed by atoms with E-state index >= 15 is 0 Å². The lowest BCUT2D eigenvalue weighted by molar-refractivity contribution is 0.113. The number of hydrogen-bond donors (Lipinski definition) is 1.